The average molecular weight is 445 g/mol. The van der Waals surface area contributed by atoms with Gasteiger partial charge in [-0.25, -0.2) is 0 Å². The molecule has 0 bridgehead atoms. The Labute approximate surface area is 202 Å². The van der Waals surface area contributed by atoms with E-state index in [2.05, 4.69) is 115 Å². The molecular weight excluding hydrogens is 424 g/mol. The van der Waals surface area contributed by atoms with E-state index in [9.17, 15) is 0 Å². The van der Waals surface area contributed by atoms with Crippen LogP contribution in [0.1, 0.15) is 0 Å². The number of ether oxygens (including phenoxy) is 1. The predicted molar refractivity (Wildman–Crippen MR) is 147 cm³/mol. The molecule has 1 heterocycles. The van der Waals surface area contributed by atoms with Crippen molar-refractivity contribution in [3.63, 3.8) is 0 Å². The SMILES string of the molecule is c1ccc2c(c1)Oc1cccc3cc(-c4cc5ccccc5c5cc6ccccc6cc45)cc-2c13. The summed E-state index contributed by atoms with van der Waals surface area (Å²) < 4.78 is 6.27. The van der Waals surface area contributed by atoms with Crippen molar-refractivity contribution in [1.29, 1.82) is 0 Å². The quantitative estimate of drug-likeness (QED) is 0.181. The molecule has 0 saturated heterocycles. The largest absolute Gasteiger partial charge is 0.456 e. The van der Waals surface area contributed by atoms with Gasteiger partial charge in [0.1, 0.15) is 11.5 Å². The molecule has 7 aromatic rings. The number of hydrogen-bond donors (Lipinski definition) is 0. The highest BCUT2D eigenvalue weighted by atomic mass is 16.5. The van der Waals surface area contributed by atoms with Crippen LogP contribution in [0.4, 0.5) is 0 Å². The molecule has 0 atom stereocenters. The van der Waals surface area contributed by atoms with E-state index in [4.69, 9.17) is 4.74 Å². The summed E-state index contributed by atoms with van der Waals surface area (Å²) in [6, 6.07) is 43.8. The van der Waals surface area contributed by atoms with Gasteiger partial charge in [-0.15, -0.1) is 0 Å². The zero-order valence-electron chi connectivity index (χ0n) is 19.0. The Morgan fingerprint density at radius 2 is 1.06 bits per heavy atom. The van der Waals surface area contributed by atoms with Crippen LogP contribution in [0.2, 0.25) is 0 Å². The van der Waals surface area contributed by atoms with Crippen LogP contribution in [-0.2, 0) is 0 Å². The molecule has 0 aliphatic carbocycles. The fourth-order valence-electron chi connectivity index (χ4n) is 5.77. The molecule has 7 aromatic carbocycles. The van der Waals surface area contributed by atoms with Gasteiger partial charge < -0.3 is 4.74 Å². The molecule has 0 unspecified atom stereocenters. The van der Waals surface area contributed by atoms with Gasteiger partial charge in [-0.2, -0.15) is 0 Å². The summed E-state index contributed by atoms with van der Waals surface area (Å²) in [5, 5.41) is 10.0. The number of hydrogen-bond acceptors (Lipinski definition) is 1. The number of fused-ring (bicyclic) bond motifs is 6. The summed E-state index contributed by atoms with van der Waals surface area (Å²) >= 11 is 0. The third kappa shape index (κ3) is 2.70. The second kappa shape index (κ2) is 6.94. The summed E-state index contributed by atoms with van der Waals surface area (Å²) in [5.74, 6) is 1.84. The predicted octanol–water partition coefficient (Wildman–Crippen LogP) is 9.74. The van der Waals surface area contributed by atoms with Crippen LogP contribution in [0.3, 0.4) is 0 Å². The molecule has 1 aliphatic heterocycles. The van der Waals surface area contributed by atoms with Crippen molar-refractivity contribution in [1.82, 2.24) is 0 Å². The lowest BCUT2D eigenvalue weighted by molar-refractivity contribution is 0.487. The van der Waals surface area contributed by atoms with Crippen LogP contribution in [0.15, 0.2) is 121 Å². The van der Waals surface area contributed by atoms with E-state index in [1.54, 1.807) is 0 Å². The Hall–Kier alpha value is -4.62. The zero-order valence-corrected chi connectivity index (χ0v) is 19.0. The fourth-order valence-corrected chi connectivity index (χ4v) is 5.77. The van der Waals surface area contributed by atoms with Crippen molar-refractivity contribution in [2.45, 2.75) is 0 Å². The summed E-state index contributed by atoms with van der Waals surface area (Å²) in [7, 11) is 0. The fraction of sp³-hybridized carbons (Fsp3) is 0. The molecular formula is C34H20O. The first-order valence-electron chi connectivity index (χ1n) is 12.0. The lowest BCUT2D eigenvalue weighted by Gasteiger charge is -2.22. The number of para-hydroxylation sites is 1. The highest BCUT2D eigenvalue weighted by Gasteiger charge is 2.21. The molecule has 0 spiro atoms. The van der Waals surface area contributed by atoms with Gasteiger partial charge in [0, 0.05) is 10.9 Å². The van der Waals surface area contributed by atoms with Crippen molar-refractivity contribution in [2.75, 3.05) is 0 Å². The molecule has 35 heavy (non-hydrogen) atoms. The lowest BCUT2D eigenvalue weighted by atomic mass is 9.87. The highest BCUT2D eigenvalue weighted by Crippen LogP contribution is 2.48. The molecule has 0 fully saturated rings. The van der Waals surface area contributed by atoms with E-state index >= 15 is 0 Å². The maximum Gasteiger partial charge on any atom is 0.135 e. The molecule has 162 valence electrons. The monoisotopic (exact) mass is 444 g/mol. The van der Waals surface area contributed by atoms with Gasteiger partial charge in [0.05, 0.1) is 0 Å². The van der Waals surface area contributed by atoms with E-state index < -0.39 is 0 Å². The van der Waals surface area contributed by atoms with Gasteiger partial charge in [-0.3, -0.25) is 0 Å². The van der Waals surface area contributed by atoms with E-state index in [1.165, 1.54) is 59.8 Å². The summed E-state index contributed by atoms with van der Waals surface area (Å²) in [6.45, 7) is 0. The van der Waals surface area contributed by atoms with Crippen molar-refractivity contribution < 1.29 is 4.74 Å². The van der Waals surface area contributed by atoms with E-state index in [1.807, 2.05) is 6.07 Å². The van der Waals surface area contributed by atoms with Crippen LogP contribution >= 0.6 is 0 Å². The van der Waals surface area contributed by atoms with Crippen molar-refractivity contribution >= 4 is 43.1 Å². The minimum atomic E-state index is 0.916. The first kappa shape index (κ1) is 18.8. The minimum Gasteiger partial charge on any atom is -0.456 e. The molecule has 0 N–H and O–H groups in total. The first-order valence-corrected chi connectivity index (χ1v) is 12.0. The molecule has 1 heteroatoms. The Morgan fingerprint density at radius 3 is 1.94 bits per heavy atom. The number of benzene rings is 7. The molecule has 1 aliphatic rings. The van der Waals surface area contributed by atoms with Crippen molar-refractivity contribution in [3.05, 3.63) is 121 Å². The molecule has 0 saturated carbocycles. The highest BCUT2D eigenvalue weighted by molar-refractivity contribution is 6.18. The normalized spacial score (nSPS) is 12.2. The second-order valence-corrected chi connectivity index (χ2v) is 9.37. The topological polar surface area (TPSA) is 9.23 Å². The molecule has 0 aromatic heterocycles. The molecule has 0 amide bonds. The van der Waals surface area contributed by atoms with Crippen LogP contribution < -0.4 is 4.74 Å². The minimum absolute atomic E-state index is 0.916. The lowest BCUT2D eigenvalue weighted by Crippen LogP contribution is -1.97. The van der Waals surface area contributed by atoms with Gasteiger partial charge in [-0.05, 0) is 96.9 Å². The third-order valence-corrected chi connectivity index (χ3v) is 7.37. The van der Waals surface area contributed by atoms with E-state index in [-0.39, 0.29) is 0 Å². The zero-order chi connectivity index (χ0) is 22.9. The van der Waals surface area contributed by atoms with Gasteiger partial charge in [-0.1, -0.05) is 78.9 Å². The second-order valence-electron chi connectivity index (χ2n) is 9.37. The Balaban J connectivity index is 1.52. The van der Waals surface area contributed by atoms with Gasteiger partial charge >= 0.3 is 0 Å². The first-order chi connectivity index (χ1) is 17.3. The van der Waals surface area contributed by atoms with Crippen LogP contribution in [-0.4, -0.2) is 0 Å². The Bertz CT molecular complexity index is 1980. The maximum atomic E-state index is 6.27. The summed E-state index contributed by atoms with van der Waals surface area (Å²) in [5.41, 5.74) is 4.87. The average Bonchev–Trinajstić information content (AvgIpc) is 2.91. The van der Waals surface area contributed by atoms with Crippen molar-refractivity contribution in [3.8, 4) is 33.8 Å². The summed E-state index contributed by atoms with van der Waals surface area (Å²) in [6.07, 6.45) is 0. The van der Waals surface area contributed by atoms with Crippen molar-refractivity contribution in [2.24, 2.45) is 0 Å². The van der Waals surface area contributed by atoms with E-state index in [0.717, 1.165) is 17.1 Å². The Kier molecular flexibility index (Phi) is 3.72. The molecule has 8 rings (SSSR count). The van der Waals surface area contributed by atoms with Gasteiger partial charge in [0.15, 0.2) is 0 Å². The van der Waals surface area contributed by atoms with Gasteiger partial charge in [0.2, 0.25) is 0 Å². The van der Waals surface area contributed by atoms with Crippen LogP contribution in [0.25, 0.3) is 65.3 Å². The van der Waals surface area contributed by atoms with Gasteiger partial charge in [0.25, 0.3) is 0 Å². The summed E-state index contributed by atoms with van der Waals surface area (Å²) in [4.78, 5) is 0. The molecule has 1 nitrogen and oxygen atoms in total. The number of rotatable bonds is 1. The third-order valence-electron chi connectivity index (χ3n) is 7.37. The van der Waals surface area contributed by atoms with Crippen LogP contribution in [0, 0.1) is 0 Å². The molecule has 0 radical (unpaired) electrons. The Morgan fingerprint density at radius 1 is 0.371 bits per heavy atom. The van der Waals surface area contributed by atoms with E-state index in [0.29, 0.717) is 0 Å². The maximum absolute atomic E-state index is 6.27. The smallest absolute Gasteiger partial charge is 0.135 e. The standard InChI is InChI=1S/C34H20O/c1-2-9-22-18-30-28(19-23-10-3-4-12-26(23)29(30)17-21(22)8-1)25-16-24-11-7-15-33-34(24)31(20-25)27-13-5-6-14-32(27)35-33/h1-20H. The van der Waals surface area contributed by atoms with Crippen LogP contribution in [0.5, 0.6) is 11.5 Å².